The number of hydrogen-bond donors (Lipinski definition) is 4. The van der Waals surface area contributed by atoms with E-state index in [-0.39, 0.29) is 11.3 Å². The Morgan fingerprint density at radius 1 is 0.939 bits per heavy atom. The summed E-state index contributed by atoms with van der Waals surface area (Å²) < 4.78 is 64.8. The van der Waals surface area contributed by atoms with Gasteiger partial charge in [0, 0.05) is 11.3 Å². The molecule has 0 unspecified atom stereocenters. The normalized spacial score (nSPS) is 16.1. The van der Waals surface area contributed by atoms with Crippen molar-refractivity contribution in [3.05, 3.63) is 59.7 Å². The molecule has 10 nitrogen and oxygen atoms in total. The van der Waals surface area contributed by atoms with Crippen LogP contribution in [0.15, 0.2) is 53.4 Å². The highest BCUT2D eigenvalue weighted by Crippen LogP contribution is 2.30. The second kappa shape index (κ2) is 8.29. The topological polar surface area (TPSA) is 159 Å². The summed E-state index contributed by atoms with van der Waals surface area (Å²) in [5, 5.41) is 13.5. The van der Waals surface area contributed by atoms with Crippen LogP contribution in [-0.2, 0) is 25.8 Å². The summed E-state index contributed by atoms with van der Waals surface area (Å²) in [6.45, 7) is 0. The molecule has 0 bridgehead atoms. The van der Waals surface area contributed by atoms with Crippen LogP contribution in [0.2, 0.25) is 0 Å². The van der Waals surface area contributed by atoms with Crippen molar-refractivity contribution in [2.24, 2.45) is 0 Å². The quantitative estimate of drug-likeness (QED) is 0.353. The lowest BCUT2D eigenvalue weighted by atomic mass is 9.91. The molecule has 3 rings (SSSR count). The molecule has 1 aliphatic heterocycles. The van der Waals surface area contributed by atoms with Crippen molar-refractivity contribution < 1.29 is 45.9 Å². The summed E-state index contributed by atoms with van der Waals surface area (Å²) in [4.78, 5) is 46.6. The predicted octanol–water partition coefficient (Wildman–Crippen LogP) is 1.18. The number of benzene rings is 2. The van der Waals surface area contributed by atoms with Gasteiger partial charge in [-0.3, -0.25) is 29.7 Å². The van der Waals surface area contributed by atoms with E-state index >= 15 is 0 Å². The number of aliphatic hydroxyl groups is 1. The summed E-state index contributed by atoms with van der Waals surface area (Å²) in [7, 11) is -4.24. The first-order chi connectivity index (χ1) is 15.2. The van der Waals surface area contributed by atoms with Gasteiger partial charge < -0.3 is 5.11 Å². The summed E-state index contributed by atoms with van der Waals surface area (Å²) in [6.07, 6.45) is -5.62. The molecular weight excluding hydrogens is 471 g/mol. The van der Waals surface area contributed by atoms with Crippen LogP contribution in [0.1, 0.15) is 22.3 Å². The van der Waals surface area contributed by atoms with Crippen LogP contribution in [0.5, 0.6) is 0 Å². The molecule has 2 aromatic rings. The summed E-state index contributed by atoms with van der Waals surface area (Å²) >= 11 is 0. The van der Waals surface area contributed by atoms with Crippen molar-refractivity contribution in [1.29, 1.82) is 0 Å². The molecule has 174 valence electrons. The highest BCUT2D eigenvalue weighted by Gasteiger charge is 2.50. The van der Waals surface area contributed by atoms with Gasteiger partial charge in [-0.15, -0.1) is 0 Å². The van der Waals surface area contributed by atoms with Gasteiger partial charge >= 0.3 is 12.2 Å². The maximum Gasteiger partial charge on any atom is 0.416 e. The molecular formula is C19H14F3N3O7S. The number of Topliss-reactive ketones (excluding diaryl/α,β-unsaturated/α-hetero) is 1. The van der Waals surface area contributed by atoms with Crippen molar-refractivity contribution in [2.75, 3.05) is 4.72 Å². The van der Waals surface area contributed by atoms with E-state index in [0.29, 0.717) is 12.1 Å². The number of barbiturate groups is 1. The monoisotopic (exact) mass is 485 g/mol. The van der Waals surface area contributed by atoms with E-state index in [1.54, 1.807) is 10.6 Å². The molecule has 4 N–H and O–H groups in total. The molecule has 0 aliphatic carbocycles. The lowest BCUT2D eigenvalue weighted by Crippen LogP contribution is -2.67. The zero-order chi connectivity index (χ0) is 24.6. The lowest BCUT2D eigenvalue weighted by Gasteiger charge is -2.28. The van der Waals surface area contributed by atoms with E-state index in [0.717, 1.165) is 36.4 Å². The fourth-order valence-corrected chi connectivity index (χ4v) is 3.86. The molecule has 0 saturated carbocycles. The fraction of sp³-hybridized carbons (Fsp3) is 0.158. The molecule has 33 heavy (non-hydrogen) atoms. The molecule has 1 heterocycles. The Hall–Kier alpha value is -3.78. The van der Waals surface area contributed by atoms with Crippen LogP contribution in [0, 0.1) is 0 Å². The Morgan fingerprint density at radius 3 is 1.94 bits per heavy atom. The Balaban J connectivity index is 1.72. The first kappa shape index (κ1) is 23.9. The Labute approximate surface area is 183 Å². The van der Waals surface area contributed by atoms with Crippen molar-refractivity contribution in [3.8, 4) is 0 Å². The molecule has 1 aliphatic rings. The van der Waals surface area contributed by atoms with E-state index < -0.39 is 62.3 Å². The number of sulfonamides is 1. The number of rotatable bonds is 6. The van der Waals surface area contributed by atoms with Crippen LogP contribution in [0.3, 0.4) is 0 Å². The van der Waals surface area contributed by atoms with E-state index in [1.807, 2.05) is 0 Å². The van der Waals surface area contributed by atoms with E-state index in [2.05, 4.69) is 4.72 Å². The number of carbonyl (C=O) groups is 4. The standard InChI is InChI=1S/C19H14F3N3O7S/c20-19(21,22)11-3-7-13(8-4-11)33(31,32)25-12-5-1-10(2-6-12)14(26)9-18(30)15(27)23-17(29)24-16(18)28/h1-8,25,30H,9H2,(H2,23,24,27,28,29). The Morgan fingerprint density at radius 2 is 1.45 bits per heavy atom. The van der Waals surface area contributed by atoms with Crippen molar-refractivity contribution in [2.45, 2.75) is 23.1 Å². The van der Waals surface area contributed by atoms with Gasteiger partial charge in [-0.2, -0.15) is 13.2 Å². The second-order valence-corrected chi connectivity index (χ2v) is 8.58. The molecule has 0 spiro atoms. The zero-order valence-electron chi connectivity index (χ0n) is 16.3. The largest absolute Gasteiger partial charge is 0.416 e. The third kappa shape index (κ3) is 5.01. The number of urea groups is 1. The number of ketones is 1. The minimum atomic E-state index is -4.63. The number of hydrogen-bond acceptors (Lipinski definition) is 7. The second-order valence-electron chi connectivity index (χ2n) is 6.90. The van der Waals surface area contributed by atoms with Gasteiger partial charge in [0.25, 0.3) is 21.8 Å². The maximum atomic E-state index is 12.6. The third-order valence-corrected chi connectivity index (χ3v) is 5.97. The number of carbonyl (C=O) groups excluding carboxylic acids is 4. The van der Waals surface area contributed by atoms with Crippen LogP contribution in [-0.4, -0.2) is 42.8 Å². The average Bonchev–Trinajstić information content (AvgIpc) is 2.72. The number of alkyl halides is 3. The van der Waals surface area contributed by atoms with E-state index in [9.17, 15) is 45.9 Å². The van der Waals surface area contributed by atoms with Gasteiger partial charge in [0.15, 0.2) is 5.78 Å². The summed E-state index contributed by atoms with van der Waals surface area (Å²) in [5.41, 5.74) is -3.97. The minimum absolute atomic E-state index is 0.0380. The third-order valence-electron chi connectivity index (χ3n) is 4.57. The number of nitrogens with one attached hydrogen (secondary N) is 3. The Kier molecular flexibility index (Phi) is 6.00. The highest BCUT2D eigenvalue weighted by molar-refractivity contribution is 7.92. The Bertz CT molecular complexity index is 1220. The zero-order valence-corrected chi connectivity index (χ0v) is 17.1. The maximum absolute atomic E-state index is 12.6. The first-order valence-electron chi connectivity index (χ1n) is 8.95. The van der Waals surface area contributed by atoms with Crippen LogP contribution in [0.4, 0.5) is 23.7 Å². The van der Waals surface area contributed by atoms with E-state index in [1.165, 1.54) is 0 Å². The van der Waals surface area contributed by atoms with Crippen LogP contribution >= 0.6 is 0 Å². The molecule has 1 saturated heterocycles. The molecule has 4 amide bonds. The van der Waals surface area contributed by atoms with Gasteiger partial charge in [0.05, 0.1) is 16.9 Å². The van der Waals surface area contributed by atoms with Crippen LogP contribution in [0.25, 0.3) is 0 Å². The van der Waals surface area contributed by atoms with E-state index in [4.69, 9.17) is 0 Å². The predicted molar refractivity (Wildman–Crippen MR) is 104 cm³/mol. The summed E-state index contributed by atoms with van der Waals surface area (Å²) in [5.74, 6) is -3.61. The first-order valence-corrected chi connectivity index (χ1v) is 10.4. The fourth-order valence-electron chi connectivity index (χ4n) is 2.80. The number of anilines is 1. The van der Waals surface area contributed by atoms with Crippen molar-refractivity contribution in [3.63, 3.8) is 0 Å². The molecule has 1 fully saturated rings. The molecule has 0 atom stereocenters. The highest BCUT2D eigenvalue weighted by atomic mass is 32.2. The number of halogens is 3. The van der Waals surface area contributed by atoms with Gasteiger partial charge in [-0.05, 0) is 48.5 Å². The van der Waals surface area contributed by atoms with Gasteiger partial charge in [-0.25, -0.2) is 13.2 Å². The van der Waals surface area contributed by atoms with Gasteiger partial charge in [0.2, 0.25) is 5.60 Å². The smallest absolute Gasteiger partial charge is 0.371 e. The molecule has 0 aromatic heterocycles. The van der Waals surface area contributed by atoms with Gasteiger partial charge in [0.1, 0.15) is 0 Å². The number of amides is 4. The average molecular weight is 485 g/mol. The molecule has 14 heteroatoms. The number of imide groups is 2. The summed E-state index contributed by atoms with van der Waals surface area (Å²) in [6, 6.07) is 6.25. The van der Waals surface area contributed by atoms with Crippen molar-refractivity contribution >= 4 is 39.3 Å². The molecule has 2 aromatic carbocycles. The SMILES string of the molecule is O=C1NC(=O)C(O)(CC(=O)c2ccc(NS(=O)(=O)c3ccc(C(F)(F)F)cc3)cc2)C(=O)N1. The molecule has 0 radical (unpaired) electrons. The van der Waals surface area contributed by atoms with Crippen LogP contribution < -0.4 is 15.4 Å². The van der Waals surface area contributed by atoms with Crippen molar-refractivity contribution in [1.82, 2.24) is 10.6 Å². The van der Waals surface area contributed by atoms with Gasteiger partial charge in [-0.1, -0.05) is 0 Å². The minimum Gasteiger partial charge on any atom is -0.371 e. The lowest BCUT2D eigenvalue weighted by molar-refractivity contribution is -0.154.